The van der Waals surface area contributed by atoms with Crippen LogP contribution in [0.1, 0.15) is 47.2 Å². The van der Waals surface area contributed by atoms with E-state index in [2.05, 4.69) is 183 Å². The summed E-state index contributed by atoms with van der Waals surface area (Å²) in [5.74, 6) is 1.78. The quantitative estimate of drug-likeness (QED) is 0.196. The summed E-state index contributed by atoms with van der Waals surface area (Å²) in [5.41, 5.74) is 15.6. The van der Waals surface area contributed by atoms with E-state index in [4.69, 9.17) is 4.74 Å². The highest BCUT2D eigenvalue weighted by molar-refractivity contribution is 5.92. The first-order valence-electron chi connectivity index (χ1n) is 16.8. The first-order chi connectivity index (χ1) is 23.6. The van der Waals surface area contributed by atoms with Gasteiger partial charge in [-0.05, 0) is 74.8 Å². The third-order valence-electron chi connectivity index (χ3n) is 10.9. The third-order valence-corrected chi connectivity index (χ3v) is 10.9. The van der Waals surface area contributed by atoms with Crippen molar-refractivity contribution in [2.75, 3.05) is 4.90 Å². The molecule has 0 bridgehead atoms. The van der Waals surface area contributed by atoms with Crippen LogP contribution in [0.4, 0.5) is 17.1 Å². The van der Waals surface area contributed by atoms with E-state index in [1.165, 1.54) is 61.3 Å². The lowest BCUT2D eigenvalue weighted by atomic mass is 9.66. The maximum atomic E-state index is 6.91. The molecule has 7 aromatic rings. The van der Waals surface area contributed by atoms with Crippen molar-refractivity contribution in [1.82, 2.24) is 0 Å². The predicted molar refractivity (Wildman–Crippen MR) is 196 cm³/mol. The molecule has 48 heavy (non-hydrogen) atoms. The van der Waals surface area contributed by atoms with Crippen LogP contribution in [0.15, 0.2) is 164 Å². The topological polar surface area (TPSA) is 12.5 Å². The first-order valence-corrected chi connectivity index (χ1v) is 16.8. The molecule has 0 fully saturated rings. The second-order valence-electron chi connectivity index (χ2n) is 13.7. The molecule has 0 aromatic heterocycles. The molecule has 1 spiro atoms. The van der Waals surface area contributed by atoms with Gasteiger partial charge in [-0.25, -0.2) is 0 Å². The highest BCUT2D eigenvalue weighted by Gasteiger charge is 2.51. The molecule has 2 aliphatic carbocycles. The number of nitrogens with zero attached hydrogens (tertiary/aromatic N) is 1. The van der Waals surface area contributed by atoms with Crippen molar-refractivity contribution in [1.29, 1.82) is 0 Å². The highest BCUT2D eigenvalue weighted by Crippen LogP contribution is 2.63. The Labute approximate surface area is 281 Å². The largest absolute Gasteiger partial charge is 0.457 e. The van der Waals surface area contributed by atoms with Gasteiger partial charge in [0.25, 0.3) is 0 Å². The van der Waals surface area contributed by atoms with Crippen LogP contribution in [-0.4, -0.2) is 0 Å². The minimum atomic E-state index is -0.481. The van der Waals surface area contributed by atoms with Gasteiger partial charge in [0.15, 0.2) is 0 Å². The van der Waals surface area contributed by atoms with E-state index in [0.29, 0.717) is 0 Å². The summed E-state index contributed by atoms with van der Waals surface area (Å²) in [6.45, 7) is 4.71. The Hall–Kier alpha value is -5.86. The van der Waals surface area contributed by atoms with Gasteiger partial charge in [-0.3, -0.25) is 0 Å². The molecule has 10 rings (SSSR count). The number of fused-ring (bicyclic) bond motifs is 12. The lowest BCUT2D eigenvalue weighted by Gasteiger charge is -2.40. The van der Waals surface area contributed by atoms with Gasteiger partial charge >= 0.3 is 0 Å². The Balaban J connectivity index is 1.24. The molecule has 0 unspecified atom stereocenters. The molecule has 3 aliphatic rings. The van der Waals surface area contributed by atoms with Gasteiger partial charge in [-0.1, -0.05) is 141 Å². The van der Waals surface area contributed by atoms with Crippen molar-refractivity contribution in [3.63, 3.8) is 0 Å². The average Bonchev–Trinajstić information content (AvgIpc) is 3.56. The molecular formula is C46H33NO. The first kappa shape index (κ1) is 27.3. The molecule has 0 atom stereocenters. The summed E-state index contributed by atoms with van der Waals surface area (Å²) >= 11 is 0. The van der Waals surface area contributed by atoms with Crippen molar-refractivity contribution in [2.45, 2.75) is 24.7 Å². The van der Waals surface area contributed by atoms with Crippen molar-refractivity contribution in [3.8, 4) is 33.8 Å². The molecule has 0 N–H and O–H groups in total. The normalized spacial score (nSPS) is 15.0. The van der Waals surface area contributed by atoms with Gasteiger partial charge in [-0.2, -0.15) is 0 Å². The second kappa shape index (κ2) is 9.82. The minimum absolute atomic E-state index is 0.166. The Bertz CT molecular complexity index is 2370. The smallest absolute Gasteiger partial charge is 0.134 e. The van der Waals surface area contributed by atoms with Crippen LogP contribution in [0.3, 0.4) is 0 Å². The van der Waals surface area contributed by atoms with Crippen LogP contribution in [0.2, 0.25) is 0 Å². The molecule has 2 heteroatoms. The van der Waals surface area contributed by atoms with Crippen LogP contribution >= 0.6 is 0 Å². The van der Waals surface area contributed by atoms with E-state index in [1.807, 2.05) is 0 Å². The molecule has 2 nitrogen and oxygen atoms in total. The number of benzene rings is 7. The molecule has 0 amide bonds. The molecule has 0 saturated heterocycles. The number of hydrogen-bond donors (Lipinski definition) is 0. The number of hydrogen-bond acceptors (Lipinski definition) is 2. The predicted octanol–water partition coefficient (Wildman–Crippen LogP) is 11.9. The molecule has 0 saturated carbocycles. The summed E-state index contributed by atoms with van der Waals surface area (Å²) in [6.07, 6.45) is 0. The molecule has 1 heterocycles. The summed E-state index contributed by atoms with van der Waals surface area (Å²) < 4.78 is 6.91. The number of para-hydroxylation sites is 2. The minimum Gasteiger partial charge on any atom is -0.457 e. The van der Waals surface area contributed by atoms with Crippen molar-refractivity contribution >= 4 is 17.1 Å². The molecular weight excluding hydrogens is 583 g/mol. The fraction of sp³-hybridized carbons (Fsp3) is 0.0870. The summed E-state index contributed by atoms with van der Waals surface area (Å²) in [7, 11) is 0. The van der Waals surface area contributed by atoms with Gasteiger partial charge in [0.1, 0.15) is 11.5 Å². The van der Waals surface area contributed by atoms with Crippen LogP contribution in [0, 0.1) is 0 Å². The lowest BCUT2D eigenvalue weighted by molar-refractivity contribution is 0.436. The van der Waals surface area contributed by atoms with Gasteiger partial charge in [0.2, 0.25) is 0 Å². The fourth-order valence-corrected chi connectivity index (χ4v) is 9.00. The Morgan fingerprint density at radius 3 is 1.67 bits per heavy atom. The zero-order chi connectivity index (χ0) is 32.0. The third kappa shape index (κ3) is 3.47. The van der Waals surface area contributed by atoms with Crippen molar-refractivity contribution < 1.29 is 4.74 Å². The zero-order valence-electron chi connectivity index (χ0n) is 26.9. The molecule has 0 radical (unpaired) electrons. The summed E-state index contributed by atoms with van der Waals surface area (Å²) in [6, 6.07) is 59.6. The van der Waals surface area contributed by atoms with E-state index >= 15 is 0 Å². The molecule has 7 aromatic carbocycles. The monoisotopic (exact) mass is 615 g/mol. The van der Waals surface area contributed by atoms with E-state index in [1.54, 1.807) is 0 Å². The van der Waals surface area contributed by atoms with Crippen molar-refractivity contribution in [3.05, 3.63) is 197 Å². The summed E-state index contributed by atoms with van der Waals surface area (Å²) in [5, 5.41) is 0. The number of ether oxygens (including phenoxy) is 1. The molecule has 1 aliphatic heterocycles. The number of rotatable bonds is 3. The standard InChI is InChI=1S/C46H33NO/c1-45(2)36-21-9-6-19-34(36)35-20-14-25-41(44(35)45)47(30-15-4-3-5-16-30)31-27-28-40-43(29-31)48-42-26-13-12-24-39(42)46(40)37-22-10-7-17-32(37)33-18-8-11-23-38(33)46/h3-29H,1-2H3. The van der Waals surface area contributed by atoms with Gasteiger partial charge in [-0.15, -0.1) is 0 Å². The maximum Gasteiger partial charge on any atom is 0.134 e. The second-order valence-corrected chi connectivity index (χ2v) is 13.7. The Kier molecular flexibility index (Phi) is 5.58. The Morgan fingerprint density at radius 2 is 0.958 bits per heavy atom. The average molecular weight is 616 g/mol. The fourth-order valence-electron chi connectivity index (χ4n) is 9.00. The van der Waals surface area contributed by atoms with Gasteiger partial charge in [0.05, 0.1) is 11.1 Å². The van der Waals surface area contributed by atoms with Gasteiger partial charge in [0, 0.05) is 34.0 Å². The lowest BCUT2D eigenvalue weighted by Crippen LogP contribution is -2.32. The zero-order valence-corrected chi connectivity index (χ0v) is 26.9. The van der Waals surface area contributed by atoms with Gasteiger partial charge < -0.3 is 9.64 Å². The van der Waals surface area contributed by atoms with Crippen molar-refractivity contribution in [2.24, 2.45) is 0 Å². The highest BCUT2D eigenvalue weighted by atomic mass is 16.5. The van der Waals surface area contributed by atoms with E-state index in [0.717, 1.165) is 22.9 Å². The number of anilines is 3. The Morgan fingerprint density at radius 1 is 0.417 bits per heavy atom. The van der Waals surface area contributed by atoms with E-state index < -0.39 is 5.41 Å². The van der Waals surface area contributed by atoms with Crippen LogP contribution in [0.25, 0.3) is 22.3 Å². The van der Waals surface area contributed by atoms with E-state index in [-0.39, 0.29) is 5.41 Å². The van der Waals surface area contributed by atoms with Crippen LogP contribution in [0.5, 0.6) is 11.5 Å². The molecule has 228 valence electrons. The SMILES string of the molecule is CC1(C)c2ccccc2-c2cccc(N(c3ccccc3)c3ccc4c(c3)Oc3ccccc3C43c4ccccc4-c4ccccc43)c21. The van der Waals surface area contributed by atoms with E-state index in [9.17, 15) is 0 Å². The maximum absolute atomic E-state index is 6.91. The summed E-state index contributed by atoms with van der Waals surface area (Å²) in [4.78, 5) is 2.42. The van der Waals surface area contributed by atoms with Crippen LogP contribution < -0.4 is 9.64 Å². The van der Waals surface area contributed by atoms with Crippen LogP contribution in [-0.2, 0) is 10.8 Å².